The van der Waals surface area contributed by atoms with Gasteiger partial charge in [0.15, 0.2) is 5.76 Å². The highest BCUT2D eigenvalue weighted by Crippen LogP contribution is 2.27. The van der Waals surface area contributed by atoms with Gasteiger partial charge in [0.1, 0.15) is 5.58 Å². The van der Waals surface area contributed by atoms with Gasteiger partial charge in [-0.3, -0.25) is 4.79 Å². The SMILES string of the molecule is Cc1ccc2oc(C(=O)NC3CC4CCC(C3)N4)cc2c1. The molecule has 2 N–H and O–H groups in total. The molecule has 2 atom stereocenters. The highest BCUT2D eigenvalue weighted by atomic mass is 16.3. The van der Waals surface area contributed by atoms with Gasteiger partial charge in [-0.15, -0.1) is 0 Å². The van der Waals surface area contributed by atoms with Crippen molar-refractivity contribution in [2.45, 2.75) is 50.7 Å². The third kappa shape index (κ3) is 2.44. The molecule has 110 valence electrons. The van der Waals surface area contributed by atoms with E-state index in [-0.39, 0.29) is 11.9 Å². The third-order valence-electron chi connectivity index (χ3n) is 4.70. The Bertz CT molecular complexity index is 679. The number of carbonyl (C=O) groups excluding carboxylic acids is 1. The van der Waals surface area contributed by atoms with Crippen LogP contribution < -0.4 is 10.6 Å². The first-order chi connectivity index (χ1) is 10.2. The largest absolute Gasteiger partial charge is 0.451 e. The van der Waals surface area contributed by atoms with Crippen LogP contribution in [0.3, 0.4) is 0 Å². The topological polar surface area (TPSA) is 54.3 Å². The molecule has 2 fully saturated rings. The summed E-state index contributed by atoms with van der Waals surface area (Å²) >= 11 is 0. The van der Waals surface area contributed by atoms with Crippen LogP contribution in [0.2, 0.25) is 0 Å². The second-order valence-corrected chi connectivity index (χ2v) is 6.43. The Balaban J connectivity index is 1.50. The lowest BCUT2D eigenvalue weighted by molar-refractivity contribution is 0.0898. The van der Waals surface area contributed by atoms with Gasteiger partial charge in [0, 0.05) is 23.5 Å². The van der Waals surface area contributed by atoms with Crippen LogP contribution in [0.5, 0.6) is 0 Å². The molecular weight excluding hydrogens is 264 g/mol. The Morgan fingerprint density at radius 1 is 1.24 bits per heavy atom. The Hall–Kier alpha value is -1.81. The molecule has 2 unspecified atom stereocenters. The predicted octanol–water partition coefficient (Wildman–Crippen LogP) is 2.75. The Morgan fingerprint density at radius 2 is 2.00 bits per heavy atom. The average molecular weight is 284 g/mol. The van der Waals surface area contributed by atoms with Gasteiger partial charge < -0.3 is 15.1 Å². The highest BCUT2D eigenvalue weighted by Gasteiger charge is 2.34. The number of hydrogen-bond donors (Lipinski definition) is 2. The number of benzene rings is 1. The van der Waals surface area contributed by atoms with Crippen LogP contribution in [-0.4, -0.2) is 24.0 Å². The zero-order valence-electron chi connectivity index (χ0n) is 12.2. The number of hydrogen-bond acceptors (Lipinski definition) is 3. The van der Waals surface area contributed by atoms with Gasteiger partial charge in [0.25, 0.3) is 5.91 Å². The lowest BCUT2D eigenvalue weighted by atomic mass is 10.00. The van der Waals surface area contributed by atoms with Crippen molar-refractivity contribution in [1.29, 1.82) is 0 Å². The van der Waals surface area contributed by atoms with Crippen molar-refractivity contribution in [2.24, 2.45) is 0 Å². The molecule has 1 aromatic carbocycles. The summed E-state index contributed by atoms with van der Waals surface area (Å²) in [6.45, 7) is 2.04. The fourth-order valence-corrected chi connectivity index (χ4v) is 3.71. The smallest absolute Gasteiger partial charge is 0.287 e. The molecule has 21 heavy (non-hydrogen) atoms. The van der Waals surface area contributed by atoms with Gasteiger partial charge in [-0.1, -0.05) is 11.6 Å². The number of rotatable bonds is 2. The molecule has 2 bridgehead atoms. The first-order valence-electron chi connectivity index (χ1n) is 7.74. The van der Waals surface area contributed by atoms with Gasteiger partial charge in [-0.2, -0.15) is 0 Å². The fourth-order valence-electron chi connectivity index (χ4n) is 3.71. The van der Waals surface area contributed by atoms with Crippen LogP contribution in [0.1, 0.15) is 41.8 Å². The lowest BCUT2D eigenvalue weighted by Crippen LogP contribution is -2.47. The molecule has 2 aliphatic rings. The molecule has 2 saturated heterocycles. The monoisotopic (exact) mass is 284 g/mol. The summed E-state index contributed by atoms with van der Waals surface area (Å²) in [4.78, 5) is 12.4. The summed E-state index contributed by atoms with van der Waals surface area (Å²) in [6.07, 6.45) is 4.53. The van der Waals surface area contributed by atoms with E-state index in [0.717, 1.165) is 23.8 Å². The molecule has 1 aromatic heterocycles. The van der Waals surface area contributed by atoms with Crippen LogP contribution in [-0.2, 0) is 0 Å². The Morgan fingerprint density at radius 3 is 2.76 bits per heavy atom. The minimum absolute atomic E-state index is 0.0878. The van der Waals surface area contributed by atoms with Gasteiger partial charge >= 0.3 is 0 Å². The molecular formula is C17H20N2O2. The zero-order chi connectivity index (χ0) is 14.4. The molecule has 0 aliphatic carbocycles. The zero-order valence-corrected chi connectivity index (χ0v) is 12.2. The number of amides is 1. The summed E-state index contributed by atoms with van der Waals surface area (Å²) in [5.74, 6) is 0.330. The number of fused-ring (bicyclic) bond motifs is 3. The van der Waals surface area contributed by atoms with Crippen molar-refractivity contribution in [3.8, 4) is 0 Å². The number of nitrogens with one attached hydrogen (secondary N) is 2. The van der Waals surface area contributed by atoms with Gasteiger partial charge in [0.05, 0.1) is 0 Å². The third-order valence-corrected chi connectivity index (χ3v) is 4.70. The molecule has 0 radical (unpaired) electrons. The standard InChI is InChI=1S/C17H20N2O2/c1-10-2-5-15-11(6-10)7-16(21-15)17(20)19-14-8-12-3-4-13(9-14)18-12/h2,5-7,12-14,18H,3-4,8-9H2,1H3,(H,19,20). The maximum atomic E-state index is 12.4. The molecule has 2 aromatic rings. The van der Waals surface area contributed by atoms with Crippen molar-refractivity contribution in [1.82, 2.24) is 10.6 Å². The minimum Gasteiger partial charge on any atom is -0.451 e. The number of piperidine rings is 1. The summed E-state index contributed by atoms with van der Waals surface area (Å²) in [6, 6.07) is 9.23. The van der Waals surface area contributed by atoms with Crippen LogP contribution in [0.25, 0.3) is 11.0 Å². The van der Waals surface area contributed by atoms with Crippen LogP contribution >= 0.6 is 0 Å². The van der Waals surface area contributed by atoms with E-state index in [9.17, 15) is 4.79 Å². The van der Waals surface area contributed by atoms with Gasteiger partial charge in [-0.25, -0.2) is 0 Å². The summed E-state index contributed by atoms with van der Waals surface area (Å²) in [5, 5.41) is 7.72. The number of carbonyl (C=O) groups is 1. The average Bonchev–Trinajstić information content (AvgIpc) is 3.02. The van der Waals surface area contributed by atoms with Crippen molar-refractivity contribution in [3.05, 3.63) is 35.6 Å². The molecule has 1 amide bonds. The molecule has 3 heterocycles. The van der Waals surface area contributed by atoms with E-state index in [0.29, 0.717) is 17.8 Å². The van der Waals surface area contributed by atoms with Crippen molar-refractivity contribution in [3.63, 3.8) is 0 Å². The lowest BCUT2D eigenvalue weighted by Gasteiger charge is -2.29. The van der Waals surface area contributed by atoms with Crippen LogP contribution in [0.4, 0.5) is 0 Å². The highest BCUT2D eigenvalue weighted by molar-refractivity contribution is 5.96. The van der Waals surface area contributed by atoms with E-state index in [1.54, 1.807) is 0 Å². The van der Waals surface area contributed by atoms with E-state index < -0.39 is 0 Å². The molecule has 4 heteroatoms. The maximum Gasteiger partial charge on any atom is 0.287 e. The molecule has 0 saturated carbocycles. The summed E-state index contributed by atoms with van der Waals surface area (Å²) in [5.41, 5.74) is 1.95. The maximum absolute atomic E-state index is 12.4. The van der Waals surface area contributed by atoms with Gasteiger partial charge in [0.2, 0.25) is 0 Å². The number of furan rings is 1. The predicted molar refractivity (Wildman–Crippen MR) is 81.4 cm³/mol. The van der Waals surface area contributed by atoms with Crippen molar-refractivity contribution < 1.29 is 9.21 Å². The normalized spacial score (nSPS) is 28.0. The first-order valence-corrected chi connectivity index (χ1v) is 7.74. The fraction of sp³-hybridized carbons (Fsp3) is 0.471. The van der Waals surface area contributed by atoms with E-state index in [2.05, 4.69) is 10.6 Å². The van der Waals surface area contributed by atoms with E-state index in [1.807, 2.05) is 31.2 Å². The molecule has 0 spiro atoms. The molecule has 4 nitrogen and oxygen atoms in total. The quantitative estimate of drug-likeness (QED) is 0.891. The summed E-state index contributed by atoms with van der Waals surface area (Å²) < 4.78 is 5.67. The van der Waals surface area contributed by atoms with Crippen molar-refractivity contribution in [2.75, 3.05) is 0 Å². The summed E-state index contributed by atoms with van der Waals surface area (Å²) in [7, 11) is 0. The second-order valence-electron chi connectivity index (χ2n) is 6.43. The van der Waals surface area contributed by atoms with E-state index in [1.165, 1.54) is 18.4 Å². The minimum atomic E-state index is -0.0878. The van der Waals surface area contributed by atoms with Crippen molar-refractivity contribution >= 4 is 16.9 Å². The second kappa shape index (κ2) is 4.88. The first kappa shape index (κ1) is 12.9. The number of aryl methyl sites for hydroxylation is 1. The van der Waals surface area contributed by atoms with Crippen LogP contribution in [0.15, 0.2) is 28.7 Å². The van der Waals surface area contributed by atoms with E-state index >= 15 is 0 Å². The Labute approximate surface area is 123 Å². The Kier molecular flexibility index (Phi) is 3.00. The van der Waals surface area contributed by atoms with Gasteiger partial charge in [-0.05, 0) is 50.8 Å². The molecule has 2 aliphatic heterocycles. The van der Waals surface area contributed by atoms with E-state index in [4.69, 9.17) is 4.42 Å². The van der Waals surface area contributed by atoms with Crippen LogP contribution in [0, 0.1) is 6.92 Å². The molecule has 4 rings (SSSR count).